The minimum absolute atomic E-state index is 0.0642. The zero-order valence-electron chi connectivity index (χ0n) is 11.2. The van der Waals surface area contributed by atoms with Gasteiger partial charge < -0.3 is 9.47 Å². The predicted molar refractivity (Wildman–Crippen MR) is 66.6 cm³/mol. The largest absolute Gasteiger partial charge is 0.480 e. The lowest BCUT2D eigenvalue weighted by molar-refractivity contribution is 0.0659. The van der Waals surface area contributed by atoms with E-state index in [1.165, 1.54) is 5.56 Å². The summed E-state index contributed by atoms with van der Waals surface area (Å²) in [7, 11) is 1.69. The van der Waals surface area contributed by atoms with Crippen LogP contribution >= 0.6 is 0 Å². The average molecular weight is 238 g/mol. The van der Waals surface area contributed by atoms with Crippen LogP contribution in [0.2, 0.25) is 0 Å². The predicted octanol–water partition coefficient (Wildman–Crippen LogP) is 2.54. The number of nitrogens with zero attached hydrogens (tertiary/aromatic N) is 2. The molecular formula is C13H22N2O2. The van der Waals surface area contributed by atoms with Gasteiger partial charge >= 0.3 is 0 Å². The van der Waals surface area contributed by atoms with Gasteiger partial charge in [-0.15, -0.1) is 5.10 Å². The van der Waals surface area contributed by atoms with E-state index in [4.69, 9.17) is 9.47 Å². The summed E-state index contributed by atoms with van der Waals surface area (Å²) in [6.45, 7) is 8.21. The van der Waals surface area contributed by atoms with Gasteiger partial charge in [-0.2, -0.15) is 0 Å². The first kappa shape index (κ1) is 12.4. The van der Waals surface area contributed by atoms with Gasteiger partial charge in [-0.25, -0.2) is 0 Å². The molecule has 2 rings (SSSR count). The van der Waals surface area contributed by atoms with Gasteiger partial charge in [0.1, 0.15) is 0 Å². The van der Waals surface area contributed by atoms with E-state index < -0.39 is 0 Å². The molecule has 0 aromatic carbocycles. The highest BCUT2D eigenvalue weighted by Crippen LogP contribution is 2.32. The standard InChI is InChI=1S/C13H22N2O2/c1-13(2,3)11-9-15(14-12(11)16-4)10-5-7-17-8-6-10/h9-10H,5-8H2,1-4H3. The van der Waals surface area contributed by atoms with Gasteiger partial charge in [-0.05, 0) is 18.3 Å². The molecule has 1 aliphatic heterocycles. The third-order valence-corrected chi connectivity index (χ3v) is 3.26. The Bertz CT molecular complexity index is 373. The Morgan fingerprint density at radius 1 is 1.35 bits per heavy atom. The van der Waals surface area contributed by atoms with Gasteiger partial charge in [0.2, 0.25) is 5.88 Å². The number of ether oxygens (including phenoxy) is 2. The SMILES string of the molecule is COc1nn(C2CCOCC2)cc1C(C)(C)C. The Kier molecular flexibility index (Phi) is 3.43. The zero-order valence-corrected chi connectivity index (χ0v) is 11.2. The summed E-state index contributed by atoms with van der Waals surface area (Å²) in [6, 6.07) is 0.453. The molecule has 1 aliphatic rings. The van der Waals surface area contributed by atoms with E-state index in [-0.39, 0.29) is 5.41 Å². The van der Waals surface area contributed by atoms with Crippen molar-refractivity contribution < 1.29 is 9.47 Å². The van der Waals surface area contributed by atoms with E-state index in [1.54, 1.807) is 7.11 Å². The fourth-order valence-electron chi connectivity index (χ4n) is 2.18. The topological polar surface area (TPSA) is 36.3 Å². The van der Waals surface area contributed by atoms with Crippen molar-refractivity contribution >= 4 is 0 Å². The van der Waals surface area contributed by atoms with Crippen LogP contribution in [0.25, 0.3) is 0 Å². The molecule has 0 aliphatic carbocycles. The molecular weight excluding hydrogens is 216 g/mol. The summed E-state index contributed by atoms with van der Waals surface area (Å²) in [6.07, 6.45) is 4.21. The number of hydrogen-bond donors (Lipinski definition) is 0. The van der Waals surface area contributed by atoms with Crippen molar-refractivity contribution in [3.8, 4) is 5.88 Å². The van der Waals surface area contributed by atoms with Crippen LogP contribution in [0.15, 0.2) is 6.20 Å². The van der Waals surface area contributed by atoms with E-state index in [0.29, 0.717) is 6.04 Å². The van der Waals surface area contributed by atoms with Crippen LogP contribution in [-0.4, -0.2) is 30.1 Å². The first-order valence-corrected chi connectivity index (χ1v) is 6.23. The van der Waals surface area contributed by atoms with Crippen LogP contribution in [0.3, 0.4) is 0 Å². The van der Waals surface area contributed by atoms with Crippen LogP contribution in [0.5, 0.6) is 5.88 Å². The van der Waals surface area contributed by atoms with Crippen molar-refractivity contribution in [1.29, 1.82) is 0 Å². The minimum Gasteiger partial charge on any atom is -0.480 e. The number of methoxy groups -OCH3 is 1. The molecule has 96 valence electrons. The molecule has 1 saturated heterocycles. The van der Waals surface area contributed by atoms with Crippen molar-refractivity contribution in [1.82, 2.24) is 9.78 Å². The highest BCUT2D eigenvalue weighted by atomic mass is 16.5. The Balaban J connectivity index is 2.27. The molecule has 1 aromatic heterocycles. The third kappa shape index (κ3) is 2.63. The second kappa shape index (κ2) is 4.69. The molecule has 4 heteroatoms. The lowest BCUT2D eigenvalue weighted by atomic mass is 9.89. The summed E-state index contributed by atoms with van der Waals surface area (Å²) >= 11 is 0. The molecule has 0 bridgehead atoms. The maximum atomic E-state index is 5.38. The first-order chi connectivity index (χ1) is 8.02. The molecule has 1 aromatic rings. The molecule has 0 atom stereocenters. The molecule has 4 nitrogen and oxygen atoms in total. The number of aromatic nitrogens is 2. The van der Waals surface area contributed by atoms with Gasteiger partial charge in [-0.3, -0.25) is 4.68 Å². The lowest BCUT2D eigenvalue weighted by Gasteiger charge is -2.22. The van der Waals surface area contributed by atoms with Gasteiger partial charge in [0, 0.05) is 25.0 Å². The highest BCUT2D eigenvalue weighted by molar-refractivity contribution is 5.30. The zero-order chi connectivity index (χ0) is 12.5. The van der Waals surface area contributed by atoms with Crippen LogP contribution < -0.4 is 4.74 Å². The average Bonchev–Trinajstić information content (AvgIpc) is 2.74. The van der Waals surface area contributed by atoms with Gasteiger partial charge in [-0.1, -0.05) is 20.8 Å². The Hall–Kier alpha value is -1.03. The van der Waals surface area contributed by atoms with Gasteiger partial charge in [0.15, 0.2) is 0 Å². The fourth-order valence-corrected chi connectivity index (χ4v) is 2.18. The summed E-state index contributed by atoms with van der Waals surface area (Å²) < 4.78 is 12.8. The lowest BCUT2D eigenvalue weighted by Crippen LogP contribution is -2.20. The molecule has 0 radical (unpaired) electrons. The Morgan fingerprint density at radius 3 is 2.47 bits per heavy atom. The Labute approximate surface area is 103 Å². The van der Waals surface area contributed by atoms with Crippen LogP contribution in [0.4, 0.5) is 0 Å². The first-order valence-electron chi connectivity index (χ1n) is 6.23. The van der Waals surface area contributed by atoms with Crippen LogP contribution in [0, 0.1) is 0 Å². The van der Waals surface area contributed by atoms with Gasteiger partial charge in [0.05, 0.1) is 13.2 Å². The Morgan fingerprint density at radius 2 is 2.00 bits per heavy atom. The summed E-state index contributed by atoms with van der Waals surface area (Å²) in [4.78, 5) is 0. The molecule has 17 heavy (non-hydrogen) atoms. The minimum atomic E-state index is 0.0642. The van der Waals surface area contributed by atoms with Crippen LogP contribution in [0.1, 0.15) is 45.2 Å². The molecule has 0 spiro atoms. The van der Waals surface area contributed by atoms with E-state index in [9.17, 15) is 0 Å². The van der Waals surface area contributed by atoms with Crippen molar-refractivity contribution in [2.75, 3.05) is 20.3 Å². The van der Waals surface area contributed by atoms with Crippen molar-refractivity contribution in [3.05, 3.63) is 11.8 Å². The summed E-state index contributed by atoms with van der Waals surface area (Å²) in [5.74, 6) is 0.754. The second-order valence-corrected chi connectivity index (χ2v) is 5.63. The highest BCUT2D eigenvalue weighted by Gasteiger charge is 2.25. The summed E-state index contributed by atoms with van der Waals surface area (Å²) in [5, 5.41) is 4.56. The van der Waals surface area contributed by atoms with Gasteiger partial charge in [0.25, 0.3) is 0 Å². The van der Waals surface area contributed by atoms with Crippen molar-refractivity contribution in [2.45, 2.75) is 45.1 Å². The van der Waals surface area contributed by atoms with Crippen molar-refractivity contribution in [3.63, 3.8) is 0 Å². The van der Waals surface area contributed by atoms with E-state index in [0.717, 1.165) is 31.9 Å². The molecule has 0 N–H and O–H groups in total. The maximum absolute atomic E-state index is 5.38. The maximum Gasteiger partial charge on any atom is 0.236 e. The molecule has 1 fully saturated rings. The van der Waals surface area contributed by atoms with Crippen LogP contribution in [-0.2, 0) is 10.2 Å². The molecule has 0 saturated carbocycles. The fraction of sp³-hybridized carbons (Fsp3) is 0.769. The second-order valence-electron chi connectivity index (χ2n) is 5.63. The van der Waals surface area contributed by atoms with Crippen molar-refractivity contribution in [2.24, 2.45) is 0 Å². The quantitative estimate of drug-likeness (QED) is 0.794. The molecule has 2 heterocycles. The number of rotatable bonds is 2. The monoisotopic (exact) mass is 238 g/mol. The van der Waals surface area contributed by atoms with E-state index >= 15 is 0 Å². The number of hydrogen-bond acceptors (Lipinski definition) is 3. The molecule has 0 unspecified atom stereocenters. The smallest absolute Gasteiger partial charge is 0.236 e. The third-order valence-electron chi connectivity index (χ3n) is 3.26. The summed E-state index contributed by atoms with van der Waals surface area (Å²) in [5.41, 5.74) is 1.24. The normalized spacial score (nSPS) is 18.4. The van der Waals surface area contributed by atoms with E-state index in [1.807, 2.05) is 0 Å². The molecule has 0 amide bonds. The van der Waals surface area contributed by atoms with E-state index in [2.05, 4.69) is 36.7 Å².